The van der Waals surface area contributed by atoms with E-state index in [1.54, 1.807) is 56.3 Å². The summed E-state index contributed by atoms with van der Waals surface area (Å²) in [5.74, 6) is 0.954. The van der Waals surface area contributed by atoms with E-state index in [0.29, 0.717) is 48.3 Å². The number of nitrogens with one attached hydrogen (secondary N) is 1. The van der Waals surface area contributed by atoms with Crippen LogP contribution < -0.4 is 10.2 Å². The Labute approximate surface area is 228 Å². The van der Waals surface area contributed by atoms with Gasteiger partial charge in [-0.05, 0) is 63.1 Å². The molecule has 1 aliphatic carbocycles. The van der Waals surface area contributed by atoms with Crippen LogP contribution in [0.1, 0.15) is 71.5 Å². The molecule has 3 heterocycles. The topological polar surface area (TPSA) is 108 Å². The average molecular weight is 536 g/mol. The zero-order valence-corrected chi connectivity index (χ0v) is 22.7. The third kappa shape index (κ3) is 6.20. The fraction of sp³-hybridized carbons (Fsp3) is 0.467. The van der Waals surface area contributed by atoms with Crippen molar-refractivity contribution in [2.45, 2.75) is 64.6 Å². The Hall–Kier alpha value is -3.56. The van der Waals surface area contributed by atoms with Crippen molar-refractivity contribution >= 4 is 17.5 Å². The van der Waals surface area contributed by atoms with Gasteiger partial charge in [-0.1, -0.05) is 25.3 Å². The van der Waals surface area contributed by atoms with Crippen LogP contribution in [0.15, 0.2) is 51.3 Å². The number of carbonyl (C=O) groups is 2. The Morgan fingerprint density at radius 2 is 1.79 bits per heavy atom. The molecule has 2 fully saturated rings. The normalized spacial score (nSPS) is 17.6. The molecule has 3 aromatic rings. The molecule has 208 valence electrons. The van der Waals surface area contributed by atoms with E-state index >= 15 is 0 Å². The third-order valence-corrected chi connectivity index (χ3v) is 7.60. The SMILES string of the molecule is Cc1ccc(C(C(=O)NC2CCCCC2)N(C(=O)c2ccc(CN3CCOCC3)o2)c2cccc(O)c2C)o1. The molecule has 2 amide bonds. The van der Waals surface area contributed by atoms with E-state index < -0.39 is 11.9 Å². The number of hydrogen-bond acceptors (Lipinski definition) is 7. The van der Waals surface area contributed by atoms with Crippen molar-refractivity contribution in [3.8, 4) is 5.75 Å². The highest BCUT2D eigenvalue weighted by Gasteiger charge is 2.38. The summed E-state index contributed by atoms with van der Waals surface area (Å²) < 4.78 is 17.4. The van der Waals surface area contributed by atoms with Gasteiger partial charge in [-0.15, -0.1) is 0 Å². The Bertz CT molecular complexity index is 1290. The van der Waals surface area contributed by atoms with Gasteiger partial charge in [-0.3, -0.25) is 19.4 Å². The highest BCUT2D eigenvalue weighted by Crippen LogP contribution is 2.36. The molecule has 1 saturated heterocycles. The second-order valence-corrected chi connectivity index (χ2v) is 10.4. The summed E-state index contributed by atoms with van der Waals surface area (Å²) in [5, 5.41) is 13.7. The Morgan fingerprint density at radius 1 is 1.03 bits per heavy atom. The maximum atomic E-state index is 14.2. The first-order valence-electron chi connectivity index (χ1n) is 13.8. The zero-order chi connectivity index (χ0) is 27.4. The van der Waals surface area contributed by atoms with Crippen LogP contribution in [0.4, 0.5) is 5.69 Å². The molecule has 0 spiro atoms. The van der Waals surface area contributed by atoms with E-state index in [1.807, 2.05) is 0 Å². The molecule has 1 aromatic carbocycles. The largest absolute Gasteiger partial charge is 0.508 e. The van der Waals surface area contributed by atoms with Gasteiger partial charge < -0.3 is 24.0 Å². The molecule has 1 unspecified atom stereocenters. The minimum absolute atomic E-state index is 0.0276. The monoisotopic (exact) mass is 535 g/mol. The van der Waals surface area contributed by atoms with Crippen LogP contribution in [-0.4, -0.2) is 54.2 Å². The molecular weight excluding hydrogens is 498 g/mol. The minimum atomic E-state index is -1.10. The third-order valence-electron chi connectivity index (χ3n) is 7.60. The number of aromatic hydroxyl groups is 1. The van der Waals surface area contributed by atoms with E-state index in [1.165, 1.54) is 4.90 Å². The van der Waals surface area contributed by atoms with Crippen molar-refractivity contribution in [1.82, 2.24) is 10.2 Å². The standard InChI is InChI=1S/C30H37N3O6/c1-20-11-13-26(38-20)28(29(35)31-22-7-4-3-5-8-22)33(24-9-6-10-25(34)21(24)2)30(36)27-14-12-23(39-27)19-32-15-17-37-18-16-32/h6,9-14,22,28,34H,3-5,7-8,15-19H2,1-2H3,(H,31,35). The fourth-order valence-electron chi connectivity index (χ4n) is 5.42. The number of hydrogen-bond donors (Lipinski definition) is 2. The van der Waals surface area contributed by atoms with E-state index in [0.717, 1.165) is 45.2 Å². The predicted molar refractivity (Wildman–Crippen MR) is 146 cm³/mol. The predicted octanol–water partition coefficient (Wildman–Crippen LogP) is 4.86. The number of phenolic OH excluding ortho intramolecular Hbond substituents is 1. The summed E-state index contributed by atoms with van der Waals surface area (Å²) in [6.45, 7) is 7.00. The quantitative estimate of drug-likeness (QED) is 0.424. The first-order valence-corrected chi connectivity index (χ1v) is 13.8. The van der Waals surface area contributed by atoms with Gasteiger partial charge in [0.15, 0.2) is 11.8 Å². The summed E-state index contributed by atoms with van der Waals surface area (Å²) in [6.07, 6.45) is 5.07. The number of ether oxygens (including phenoxy) is 1. The summed E-state index contributed by atoms with van der Waals surface area (Å²) in [5.41, 5.74) is 0.883. The Balaban J connectivity index is 1.52. The number of furan rings is 2. The summed E-state index contributed by atoms with van der Waals surface area (Å²) in [7, 11) is 0. The highest BCUT2D eigenvalue weighted by molar-refractivity contribution is 6.09. The average Bonchev–Trinajstić information content (AvgIpc) is 3.59. The lowest BCUT2D eigenvalue weighted by Gasteiger charge is -2.32. The highest BCUT2D eigenvalue weighted by atomic mass is 16.5. The molecule has 9 nitrogen and oxygen atoms in total. The van der Waals surface area contributed by atoms with Crippen molar-refractivity contribution in [1.29, 1.82) is 0 Å². The van der Waals surface area contributed by atoms with Crippen molar-refractivity contribution in [3.63, 3.8) is 0 Å². The second-order valence-electron chi connectivity index (χ2n) is 10.4. The van der Waals surface area contributed by atoms with Crippen molar-refractivity contribution in [3.05, 3.63) is 71.1 Å². The maximum absolute atomic E-state index is 14.2. The second kappa shape index (κ2) is 12.1. The van der Waals surface area contributed by atoms with E-state index in [2.05, 4.69) is 10.2 Å². The van der Waals surface area contributed by atoms with E-state index in [4.69, 9.17) is 13.6 Å². The van der Waals surface area contributed by atoms with Crippen LogP contribution in [0.2, 0.25) is 0 Å². The van der Waals surface area contributed by atoms with Crippen molar-refractivity contribution < 1.29 is 28.3 Å². The van der Waals surface area contributed by atoms with Gasteiger partial charge in [0, 0.05) is 24.7 Å². The first-order chi connectivity index (χ1) is 18.9. The lowest BCUT2D eigenvalue weighted by molar-refractivity contribution is -0.123. The molecule has 2 N–H and O–H groups in total. The molecule has 1 aliphatic heterocycles. The minimum Gasteiger partial charge on any atom is -0.508 e. The van der Waals surface area contributed by atoms with Gasteiger partial charge in [-0.25, -0.2) is 0 Å². The number of aryl methyl sites for hydroxylation is 1. The number of rotatable bonds is 8. The van der Waals surface area contributed by atoms with Crippen molar-refractivity contribution in [2.75, 3.05) is 31.2 Å². The summed E-state index contributed by atoms with van der Waals surface area (Å²) >= 11 is 0. The molecule has 0 bridgehead atoms. The smallest absolute Gasteiger partial charge is 0.295 e. The molecule has 0 radical (unpaired) electrons. The number of carbonyl (C=O) groups excluding carboxylic acids is 2. The maximum Gasteiger partial charge on any atom is 0.295 e. The first kappa shape index (κ1) is 27.0. The number of anilines is 1. The van der Waals surface area contributed by atoms with Crippen LogP contribution in [0.3, 0.4) is 0 Å². The molecule has 2 aromatic heterocycles. The molecule has 1 atom stereocenters. The van der Waals surface area contributed by atoms with Crippen LogP contribution in [-0.2, 0) is 16.1 Å². The molecule has 1 saturated carbocycles. The molecule has 5 rings (SSSR count). The summed E-state index contributed by atoms with van der Waals surface area (Å²) in [4.78, 5) is 31.8. The number of morpholine rings is 1. The lowest BCUT2D eigenvalue weighted by Crippen LogP contribution is -2.47. The fourth-order valence-corrected chi connectivity index (χ4v) is 5.42. The number of nitrogens with zero attached hydrogens (tertiary/aromatic N) is 2. The van der Waals surface area contributed by atoms with E-state index in [-0.39, 0.29) is 23.5 Å². The van der Waals surface area contributed by atoms with Gasteiger partial charge in [0.2, 0.25) is 0 Å². The number of phenols is 1. The number of amides is 2. The lowest BCUT2D eigenvalue weighted by atomic mass is 9.95. The zero-order valence-electron chi connectivity index (χ0n) is 22.7. The molecule has 2 aliphatic rings. The van der Waals surface area contributed by atoms with Crippen LogP contribution in [0.25, 0.3) is 0 Å². The molecular formula is C30H37N3O6. The van der Waals surface area contributed by atoms with Crippen LogP contribution in [0, 0.1) is 13.8 Å². The van der Waals surface area contributed by atoms with E-state index in [9.17, 15) is 14.7 Å². The Morgan fingerprint density at radius 3 is 2.51 bits per heavy atom. The van der Waals surface area contributed by atoms with Crippen molar-refractivity contribution in [2.24, 2.45) is 0 Å². The van der Waals surface area contributed by atoms with Gasteiger partial charge in [0.05, 0.1) is 25.4 Å². The van der Waals surface area contributed by atoms with Crippen LogP contribution >= 0.6 is 0 Å². The molecule has 9 heteroatoms. The number of benzene rings is 1. The van der Waals surface area contributed by atoms with Gasteiger partial charge in [-0.2, -0.15) is 0 Å². The van der Waals surface area contributed by atoms with Crippen LogP contribution in [0.5, 0.6) is 5.75 Å². The van der Waals surface area contributed by atoms with Gasteiger partial charge >= 0.3 is 0 Å². The van der Waals surface area contributed by atoms with Gasteiger partial charge in [0.1, 0.15) is 23.0 Å². The Kier molecular flexibility index (Phi) is 8.38. The summed E-state index contributed by atoms with van der Waals surface area (Å²) in [6, 6.07) is 10.8. The molecule has 39 heavy (non-hydrogen) atoms. The van der Waals surface area contributed by atoms with Gasteiger partial charge in [0.25, 0.3) is 11.8 Å².